The Bertz CT molecular complexity index is 1610. The summed E-state index contributed by atoms with van der Waals surface area (Å²) in [5, 5.41) is 54.5. The zero-order chi connectivity index (χ0) is 62.3. The number of carbonyl (C=O) groups is 2. The molecule has 0 aromatic heterocycles. The molecular formula is C75H137NO10. The number of esters is 1. The van der Waals surface area contributed by atoms with Gasteiger partial charge in [-0.15, -0.1) is 0 Å². The summed E-state index contributed by atoms with van der Waals surface area (Å²) in [5.41, 5.74) is 0. The van der Waals surface area contributed by atoms with Crippen LogP contribution in [0.5, 0.6) is 0 Å². The Labute approximate surface area is 528 Å². The van der Waals surface area contributed by atoms with Crippen molar-refractivity contribution in [3.63, 3.8) is 0 Å². The Morgan fingerprint density at radius 1 is 0.430 bits per heavy atom. The predicted molar refractivity (Wildman–Crippen MR) is 361 cm³/mol. The van der Waals surface area contributed by atoms with Crippen LogP contribution in [-0.4, -0.2) is 100 Å². The van der Waals surface area contributed by atoms with Crippen LogP contribution < -0.4 is 5.32 Å². The van der Waals surface area contributed by atoms with Crippen LogP contribution in [0.25, 0.3) is 0 Å². The minimum absolute atomic E-state index is 0.00872. The van der Waals surface area contributed by atoms with Crippen LogP contribution in [0.1, 0.15) is 341 Å². The SMILES string of the molecule is CCC/C=C\C/C=C\CCCCCCCC(=O)OCCCCCCCCCCC/C=C\C/C=C\CCCCCCCCCCCCCCCCCCCC(=O)NC(COC1OC(CO)C(O)C(O)C1O)C(O)/C=C/CCCCCCCCCCCC. The lowest BCUT2D eigenvalue weighted by molar-refractivity contribution is -0.302. The van der Waals surface area contributed by atoms with E-state index in [0.29, 0.717) is 19.4 Å². The molecule has 1 aliphatic heterocycles. The third-order valence-corrected chi connectivity index (χ3v) is 17.1. The van der Waals surface area contributed by atoms with E-state index in [0.717, 1.165) is 70.6 Å². The standard InChI is InChI=1S/C75H137NO10/c1-3-5-7-9-11-13-15-38-43-47-51-55-59-63-71(80)84-64-60-56-52-48-44-40-37-35-33-31-29-27-25-23-21-19-17-18-20-22-24-26-28-30-32-34-36-39-42-46-50-54-58-62-70(79)76-67(66-85-75-74(83)73(82)72(81)69(65-77)86-75)68(78)61-57-53-49-45-41-16-14-12-10-8-6-4-2/h7,9,13,15,21,23,27,29,57,61,67-69,72-75,77-78,81-83H,3-6,8,10-12,14,16-20,22,24-26,28,30-56,58-60,62-66H2,1-2H3,(H,76,79)/b9-7-,15-13-,23-21-,29-27-,61-57+. The fourth-order valence-corrected chi connectivity index (χ4v) is 11.3. The van der Waals surface area contributed by atoms with Crippen molar-refractivity contribution in [3.05, 3.63) is 60.8 Å². The number of hydrogen-bond donors (Lipinski definition) is 6. The highest BCUT2D eigenvalue weighted by Crippen LogP contribution is 2.23. The average molecular weight is 1210 g/mol. The molecule has 0 saturated carbocycles. The van der Waals surface area contributed by atoms with Gasteiger partial charge in [-0.05, 0) is 89.9 Å². The first-order chi connectivity index (χ1) is 42.2. The smallest absolute Gasteiger partial charge is 0.305 e. The van der Waals surface area contributed by atoms with Crippen molar-refractivity contribution in [2.75, 3.05) is 19.8 Å². The number of ether oxygens (including phenoxy) is 3. The second-order valence-electron chi connectivity index (χ2n) is 25.3. The normalized spacial score (nSPS) is 18.2. The van der Waals surface area contributed by atoms with Gasteiger partial charge in [0.2, 0.25) is 5.91 Å². The molecule has 7 atom stereocenters. The summed E-state index contributed by atoms with van der Waals surface area (Å²) in [6.07, 6.45) is 75.0. The molecule has 1 rings (SSSR count). The van der Waals surface area contributed by atoms with Crippen LogP contribution in [0.2, 0.25) is 0 Å². The molecule has 0 spiro atoms. The van der Waals surface area contributed by atoms with Crippen LogP contribution in [-0.2, 0) is 23.8 Å². The molecule has 502 valence electrons. The topological polar surface area (TPSA) is 175 Å². The summed E-state index contributed by atoms with van der Waals surface area (Å²) in [7, 11) is 0. The lowest BCUT2D eigenvalue weighted by Crippen LogP contribution is -2.60. The fourth-order valence-electron chi connectivity index (χ4n) is 11.3. The Morgan fingerprint density at radius 3 is 1.22 bits per heavy atom. The van der Waals surface area contributed by atoms with Crippen LogP contribution in [0.15, 0.2) is 60.8 Å². The monoisotopic (exact) mass is 1210 g/mol. The number of carbonyl (C=O) groups excluding carboxylic acids is 2. The Hall–Kier alpha value is -2.64. The van der Waals surface area contributed by atoms with E-state index in [1.165, 1.54) is 244 Å². The molecule has 0 aromatic carbocycles. The maximum atomic E-state index is 13.1. The highest BCUT2D eigenvalue weighted by molar-refractivity contribution is 5.76. The van der Waals surface area contributed by atoms with Gasteiger partial charge in [-0.25, -0.2) is 0 Å². The highest BCUT2D eigenvalue weighted by Gasteiger charge is 2.44. The molecule has 1 amide bonds. The van der Waals surface area contributed by atoms with E-state index in [4.69, 9.17) is 14.2 Å². The molecular weight excluding hydrogens is 1070 g/mol. The van der Waals surface area contributed by atoms with Crippen molar-refractivity contribution in [3.8, 4) is 0 Å². The van der Waals surface area contributed by atoms with Crippen LogP contribution in [0.3, 0.4) is 0 Å². The minimum atomic E-state index is -1.57. The van der Waals surface area contributed by atoms with Gasteiger partial charge >= 0.3 is 5.97 Å². The maximum Gasteiger partial charge on any atom is 0.305 e. The summed E-state index contributed by atoms with van der Waals surface area (Å²) in [5.74, 6) is -0.188. The van der Waals surface area contributed by atoms with Crippen molar-refractivity contribution in [1.82, 2.24) is 5.32 Å². The van der Waals surface area contributed by atoms with Gasteiger partial charge in [-0.1, -0.05) is 299 Å². The van der Waals surface area contributed by atoms with Gasteiger partial charge < -0.3 is 45.1 Å². The molecule has 11 heteroatoms. The van der Waals surface area contributed by atoms with Gasteiger partial charge in [-0.3, -0.25) is 9.59 Å². The lowest BCUT2D eigenvalue weighted by atomic mass is 9.99. The Morgan fingerprint density at radius 2 is 0.802 bits per heavy atom. The first kappa shape index (κ1) is 81.4. The molecule has 0 aromatic rings. The molecule has 6 N–H and O–H groups in total. The summed E-state index contributed by atoms with van der Waals surface area (Å²) in [6.45, 7) is 4.29. The molecule has 1 aliphatic rings. The number of unbranched alkanes of at least 4 members (excludes halogenated alkanes) is 42. The summed E-state index contributed by atoms with van der Waals surface area (Å²) >= 11 is 0. The number of nitrogens with one attached hydrogen (secondary N) is 1. The summed E-state index contributed by atoms with van der Waals surface area (Å²) in [6, 6.07) is -0.809. The van der Waals surface area contributed by atoms with E-state index in [-0.39, 0.29) is 18.5 Å². The van der Waals surface area contributed by atoms with Crippen LogP contribution >= 0.6 is 0 Å². The van der Waals surface area contributed by atoms with E-state index >= 15 is 0 Å². The molecule has 7 unspecified atom stereocenters. The van der Waals surface area contributed by atoms with Crippen molar-refractivity contribution in [1.29, 1.82) is 0 Å². The van der Waals surface area contributed by atoms with Gasteiger partial charge in [0.25, 0.3) is 0 Å². The first-order valence-corrected chi connectivity index (χ1v) is 36.6. The van der Waals surface area contributed by atoms with Crippen LogP contribution in [0.4, 0.5) is 0 Å². The summed E-state index contributed by atoms with van der Waals surface area (Å²) < 4.78 is 16.7. The zero-order valence-electron chi connectivity index (χ0n) is 55.8. The maximum absolute atomic E-state index is 13.1. The number of hydrogen-bond acceptors (Lipinski definition) is 10. The minimum Gasteiger partial charge on any atom is -0.466 e. The van der Waals surface area contributed by atoms with Gasteiger partial charge in [0.15, 0.2) is 6.29 Å². The number of rotatable bonds is 64. The van der Waals surface area contributed by atoms with Crippen molar-refractivity contribution in [2.45, 2.75) is 384 Å². The third-order valence-electron chi connectivity index (χ3n) is 17.1. The Kier molecular flexibility index (Phi) is 60.5. The second kappa shape index (κ2) is 63.9. The van der Waals surface area contributed by atoms with Gasteiger partial charge in [0, 0.05) is 12.8 Å². The van der Waals surface area contributed by atoms with Crippen molar-refractivity contribution in [2.24, 2.45) is 0 Å². The van der Waals surface area contributed by atoms with E-state index < -0.39 is 49.5 Å². The zero-order valence-corrected chi connectivity index (χ0v) is 55.8. The third kappa shape index (κ3) is 52.2. The van der Waals surface area contributed by atoms with E-state index in [9.17, 15) is 35.1 Å². The van der Waals surface area contributed by atoms with Gasteiger partial charge in [0.05, 0.1) is 32.0 Å². The molecule has 11 nitrogen and oxygen atoms in total. The number of allylic oxidation sites excluding steroid dienone is 9. The molecule has 0 radical (unpaired) electrons. The van der Waals surface area contributed by atoms with E-state index in [2.05, 4.69) is 67.8 Å². The van der Waals surface area contributed by atoms with Crippen LogP contribution in [0, 0.1) is 0 Å². The first-order valence-electron chi connectivity index (χ1n) is 36.6. The number of aliphatic hydroxyl groups excluding tert-OH is 5. The van der Waals surface area contributed by atoms with Gasteiger partial charge in [0.1, 0.15) is 24.4 Å². The number of aliphatic hydroxyl groups is 5. The molecule has 1 heterocycles. The fraction of sp³-hybridized carbons (Fsp3) is 0.840. The van der Waals surface area contributed by atoms with E-state index in [1.54, 1.807) is 6.08 Å². The highest BCUT2D eigenvalue weighted by atomic mass is 16.7. The predicted octanol–water partition coefficient (Wildman–Crippen LogP) is 18.9. The van der Waals surface area contributed by atoms with Crippen molar-refractivity contribution < 1.29 is 49.3 Å². The second-order valence-corrected chi connectivity index (χ2v) is 25.3. The molecule has 0 bridgehead atoms. The van der Waals surface area contributed by atoms with Crippen molar-refractivity contribution >= 4 is 11.9 Å². The number of amides is 1. The molecule has 1 fully saturated rings. The summed E-state index contributed by atoms with van der Waals surface area (Å²) in [4.78, 5) is 25.1. The van der Waals surface area contributed by atoms with E-state index in [1.807, 2.05) is 6.08 Å². The largest absolute Gasteiger partial charge is 0.466 e. The average Bonchev–Trinajstić information content (AvgIpc) is 3.67. The Balaban J connectivity index is 1.95. The molecule has 0 aliphatic carbocycles. The molecule has 1 saturated heterocycles. The van der Waals surface area contributed by atoms with Gasteiger partial charge in [-0.2, -0.15) is 0 Å². The molecule has 86 heavy (non-hydrogen) atoms. The quantitative estimate of drug-likeness (QED) is 0.0195. The lowest BCUT2D eigenvalue weighted by Gasteiger charge is -2.40.